The molecule has 0 saturated heterocycles. The Balaban J connectivity index is 1.91. The third-order valence-electron chi connectivity index (χ3n) is 3.99. The Morgan fingerprint density at radius 3 is 2.95 bits per heavy atom. The van der Waals surface area contributed by atoms with Gasteiger partial charge < -0.3 is 5.32 Å². The Labute approximate surface area is 118 Å². The fourth-order valence-corrected chi connectivity index (χ4v) is 2.98. The first-order valence-corrected chi connectivity index (χ1v) is 7.13. The average molecular weight is 260 g/mol. The van der Waals surface area contributed by atoms with Crippen LogP contribution in [0.3, 0.4) is 0 Å². The van der Waals surface area contributed by atoms with Crippen molar-refractivity contribution in [2.45, 2.75) is 12.8 Å². The van der Waals surface area contributed by atoms with Crippen molar-refractivity contribution in [2.24, 2.45) is 0 Å². The number of anilines is 1. The van der Waals surface area contributed by atoms with Gasteiger partial charge in [0.25, 0.3) is 0 Å². The minimum Gasteiger partial charge on any atom is -0.385 e. The zero-order valence-electron chi connectivity index (χ0n) is 11.3. The van der Waals surface area contributed by atoms with Crippen LogP contribution in [0.1, 0.15) is 12.0 Å². The second kappa shape index (κ2) is 4.64. The van der Waals surface area contributed by atoms with Crippen molar-refractivity contribution in [3.05, 3.63) is 60.3 Å². The van der Waals surface area contributed by atoms with E-state index in [1.54, 1.807) is 0 Å². The van der Waals surface area contributed by atoms with E-state index in [0.717, 1.165) is 18.5 Å². The zero-order chi connectivity index (χ0) is 13.4. The lowest BCUT2D eigenvalue weighted by Crippen LogP contribution is -2.11. The molecule has 2 heteroatoms. The maximum atomic E-state index is 4.55. The highest BCUT2D eigenvalue weighted by Crippen LogP contribution is 2.31. The molecule has 2 nitrogen and oxygen atoms in total. The number of para-hydroxylation sites is 1. The summed E-state index contributed by atoms with van der Waals surface area (Å²) in [6.07, 6.45) is 4.24. The topological polar surface area (TPSA) is 24.9 Å². The Kier molecular flexibility index (Phi) is 2.66. The number of pyridine rings is 1. The fraction of sp³-hybridized carbons (Fsp3) is 0.167. The highest BCUT2D eigenvalue weighted by atomic mass is 14.9. The Bertz CT molecular complexity index is 772. The van der Waals surface area contributed by atoms with Crippen LogP contribution in [0.5, 0.6) is 0 Å². The number of hydrogen-bond donors (Lipinski definition) is 1. The second-order valence-corrected chi connectivity index (χ2v) is 5.28. The monoisotopic (exact) mass is 260 g/mol. The van der Waals surface area contributed by atoms with E-state index in [1.807, 2.05) is 12.3 Å². The van der Waals surface area contributed by atoms with Gasteiger partial charge >= 0.3 is 0 Å². The second-order valence-electron chi connectivity index (χ2n) is 5.28. The Hall–Kier alpha value is -2.35. The summed E-state index contributed by atoms with van der Waals surface area (Å²) in [4.78, 5) is 4.55. The van der Waals surface area contributed by atoms with E-state index in [9.17, 15) is 0 Å². The molecule has 2 aromatic carbocycles. The minimum absolute atomic E-state index is 1.08. The van der Waals surface area contributed by atoms with Gasteiger partial charge in [-0.1, -0.05) is 30.3 Å². The van der Waals surface area contributed by atoms with Crippen LogP contribution in [-0.4, -0.2) is 11.5 Å². The number of nitrogens with one attached hydrogen (secondary N) is 1. The maximum Gasteiger partial charge on any atom is 0.0780 e. The van der Waals surface area contributed by atoms with Crippen molar-refractivity contribution in [3.8, 4) is 11.1 Å². The van der Waals surface area contributed by atoms with Crippen LogP contribution in [-0.2, 0) is 6.42 Å². The predicted octanol–water partition coefficient (Wildman–Crippen LogP) is 4.26. The molecule has 0 bridgehead atoms. The van der Waals surface area contributed by atoms with Crippen molar-refractivity contribution in [1.82, 2.24) is 4.98 Å². The molecule has 2 heterocycles. The van der Waals surface area contributed by atoms with E-state index in [1.165, 1.54) is 34.2 Å². The van der Waals surface area contributed by atoms with Gasteiger partial charge in [0.2, 0.25) is 0 Å². The molecule has 1 aromatic heterocycles. The number of rotatable bonds is 1. The molecule has 0 aliphatic carbocycles. The average Bonchev–Trinajstić information content (AvgIpc) is 2.54. The fourth-order valence-electron chi connectivity index (χ4n) is 2.98. The normalized spacial score (nSPS) is 13.8. The van der Waals surface area contributed by atoms with Gasteiger partial charge in [0, 0.05) is 29.4 Å². The van der Waals surface area contributed by atoms with Gasteiger partial charge in [-0.15, -0.1) is 0 Å². The largest absolute Gasteiger partial charge is 0.385 e. The molecule has 98 valence electrons. The number of aromatic nitrogens is 1. The molecule has 1 aliphatic rings. The summed E-state index contributed by atoms with van der Waals surface area (Å²) in [6, 6.07) is 17.2. The van der Waals surface area contributed by atoms with Crippen LogP contribution in [0.15, 0.2) is 54.7 Å². The molecule has 0 amide bonds. The van der Waals surface area contributed by atoms with Crippen molar-refractivity contribution in [1.29, 1.82) is 0 Å². The summed E-state index contributed by atoms with van der Waals surface area (Å²) < 4.78 is 0. The van der Waals surface area contributed by atoms with Gasteiger partial charge in [0.15, 0.2) is 0 Å². The molecule has 0 fully saturated rings. The van der Waals surface area contributed by atoms with Gasteiger partial charge in [-0.3, -0.25) is 4.98 Å². The minimum atomic E-state index is 1.08. The lowest BCUT2D eigenvalue weighted by molar-refractivity contribution is 0.830. The van der Waals surface area contributed by atoms with E-state index < -0.39 is 0 Å². The summed E-state index contributed by atoms with van der Waals surface area (Å²) in [5.41, 5.74) is 6.27. The molecule has 3 aromatic rings. The van der Waals surface area contributed by atoms with Crippen molar-refractivity contribution < 1.29 is 0 Å². The number of aryl methyl sites for hydroxylation is 1. The number of benzene rings is 2. The lowest BCUT2D eigenvalue weighted by Gasteiger charge is -2.19. The first-order valence-electron chi connectivity index (χ1n) is 7.13. The Morgan fingerprint density at radius 2 is 1.95 bits per heavy atom. The first-order chi connectivity index (χ1) is 9.92. The number of fused-ring (bicyclic) bond motifs is 2. The highest BCUT2D eigenvalue weighted by molar-refractivity contribution is 5.93. The van der Waals surface area contributed by atoms with Crippen molar-refractivity contribution in [3.63, 3.8) is 0 Å². The van der Waals surface area contributed by atoms with Crippen molar-refractivity contribution in [2.75, 3.05) is 11.9 Å². The van der Waals surface area contributed by atoms with Crippen LogP contribution >= 0.6 is 0 Å². The van der Waals surface area contributed by atoms with Crippen LogP contribution in [0.4, 0.5) is 5.69 Å². The molecule has 4 rings (SSSR count). The summed E-state index contributed by atoms with van der Waals surface area (Å²) in [6.45, 7) is 1.09. The van der Waals surface area contributed by atoms with Crippen LogP contribution in [0, 0.1) is 0 Å². The molecule has 0 unspecified atom stereocenters. The summed E-state index contributed by atoms with van der Waals surface area (Å²) in [7, 11) is 0. The third kappa shape index (κ3) is 1.85. The van der Waals surface area contributed by atoms with Crippen LogP contribution < -0.4 is 5.32 Å². The summed E-state index contributed by atoms with van der Waals surface area (Å²) in [5.74, 6) is 0. The molecular weight excluding hydrogens is 244 g/mol. The van der Waals surface area contributed by atoms with E-state index in [2.05, 4.69) is 52.8 Å². The SMILES string of the molecule is c1cnc2c(-c3ccc4c(c3)CCCN4)cccc2c1. The van der Waals surface area contributed by atoms with Gasteiger partial charge in [0.1, 0.15) is 0 Å². The van der Waals surface area contributed by atoms with Crippen LogP contribution in [0.25, 0.3) is 22.0 Å². The number of hydrogen-bond acceptors (Lipinski definition) is 2. The van der Waals surface area contributed by atoms with Crippen molar-refractivity contribution >= 4 is 16.6 Å². The van der Waals surface area contributed by atoms with E-state index in [4.69, 9.17) is 0 Å². The third-order valence-corrected chi connectivity index (χ3v) is 3.99. The summed E-state index contributed by atoms with van der Waals surface area (Å²) in [5, 5.41) is 4.66. The van der Waals surface area contributed by atoms with Gasteiger partial charge in [-0.05, 0) is 42.2 Å². The predicted molar refractivity (Wildman–Crippen MR) is 84.0 cm³/mol. The highest BCUT2D eigenvalue weighted by Gasteiger charge is 2.11. The Morgan fingerprint density at radius 1 is 1.00 bits per heavy atom. The smallest absolute Gasteiger partial charge is 0.0780 e. The van der Waals surface area contributed by atoms with Gasteiger partial charge in [-0.25, -0.2) is 0 Å². The van der Waals surface area contributed by atoms with E-state index in [0.29, 0.717) is 0 Å². The molecule has 0 spiro atoms. The van der Waals surface area contributed by atoms with Crippen LogP contribution in [0.2, 0.25) is 0 Å². The quantitative estimate of drug-likeness (QED) is 0.707. The van der Waals surface area contributed by atoms with E-state index >= 15 is 0 Å². The maximum absolute atomic E-state index is 4.55. The molecule has 0 saturated carbocycles. The standard InChI is InChI=1S/C18H16N2/c1-4-13-5-2-11-20-18(13)16(7-1)14-8-9-17-15(12-14)6-3-10-19-17/h1-2,4-5,7-9,11-12,19H,3,6,10H2. The zero-order valence-corrected chi connectivity index (χ0v) is 11.3. The number of nitrogens with zero attached hydrogens (tertiary/aromatic N) is 1. The summed E-state index contributed by atoms with van der Waals surface area (Å²) >= 11 is 0. The van der Waals surface area contributed by atoms with Gasteiger partial charge in [0.05, 0.1) is 5.52 Å². The lowest BCUT2D eigenvalue weighted by atomic mass is 9.96. The van der Waals surface area contributed by atoms with Gasteiger partial charge in [-0.2, -0.15) is 0 Å². The molecule has 1 aliphatic heterocycles. The molecule has 1 N–H and O–H groups in total. The molecular formula is C18H16N2. The molecule has 0 radical (unpaired) electrons. The van der Waals surface area contributed by atoms with E-state index in [-0.39, 0.29) is 0 Å². The molecule has 0 atom stereocenters. The first kappa shape index (κ1) is 11.5. The molecule has 20 heavy (non-hydrogen) atoms.